The van der Waals surface area contributed by atoms with E-state index >= 15 is 0 Å². The Balaban J connectivity index is 1.95. The van der Waals surface area contributed by atoms with E-state index in [1.54, 1.807) is 0 Å². The normalized spacial score (nSPS) is 14.1. The van der Waals surface area contributed by atoms with Crippen LogP contribution in [0.15, 0.2) is 59.0 Å². The molecule has 0 bridgehead atoms. The van der Waals surface area contributed by atoms with Crippen LogP contribution in [0.5, 0.6) is 0 Å². The van der Waals surface area contributed by atoms with E-state index in [9.17, 15) is 5.11 Å². The summed E-state index contributed by atoms with van der Waals surface area (Å²) in [7, 11) is 0. The number of anilines is 1. The van der Waals surface area contributed by atoms with Gasteiger partial charge in [-0.15, -0.1) is 0 Å². The zero-order valence-corrected chi connectivity index (χ0v) is 11.2. The molecule has 102 valence electrons. The SMILES string of the molecule is CC(CO)(Nc1nc2ccccc2o1)c1ccccc1. The van der Waals surface area contributed by atoms with Gasteiger partial charge in [-0.05, 0) is 24.6 Å². The maximum absolute atomic E-state index is 9.74. The number of nitrogens with one attached hydrogen (secondary N) is 1. The number of hydrogen-bond donors (Lipinski definition) is 2. The largest absolute Gasteiger partial charge is 0.424 e. The molecule has 0 aliphatic carbocycles. The van der Waals surface area contributed by atoms with Gasteiger partial charge in [-0.1, -0.05) is 42.5 Å². The molecule has 0 saturated heterocycles. The molecule has 0 aliphatic rings. The highest BCUT2D eigenvalue weighted by Crippen LogP contribution is 2.27. The zero-order chi connectivity index (χ0) is 14.0. The number of fused-ring (bicyclic) bond motifs is 1. The molecule has 0 spiro atoms. The van der Waals surface area contributed by atoms with Crippen LogP contribution in [0.3, 0.4) is 0 Å². The van der Waals surface area contributed by atoms with Gasteiger partial charge in [-0.3, -0.25) is 0 Å². The molecule has 0 fully saturated rings. The standard InChI is InChI=1S/C16H16N2O2/c1-16(11-19,12-7-3-2-4-8-12)18-15-17-13-9-5-6-10-14(13)20-15/h2-10,19H,11H2,1H3,(H,17,18). The predicted octanol–water partition coefficient (Wildman–Crippen LogP) is 3.15. The van der Waals surface area contributed by atoms with Gasteiger partial charge in [0.15, 0.2) is 5.58 Å². The van der Waals surface area contributed by atoms with Crippen molar-refractivity contribution in [1.82, 2.24) is 4.98 Å². The first-order valence-electron chi connectivity index (χ1n) is 6.51. The number of hydrogen-bond acceptors (Lipinski definition) is 4. The van der Waals surface area contributed by atoms with Gasteiger partial charge < -0.3 is 14.8 Å². The fraction of sp³-hybridized carbons (Fsp3) is 0.188. The third-order valence-electron chi connectivity index (χ3n) is 3.40. The van der Waals surface area contributed by atoms with E-state index in [2.05, 4.69) is 10.3 Å². The monoisotopic (exact) mass is 268 g/mol. The highest BCUT2D eigenvalue weighted by molar-refractivity contribution is 5.74. The van der Waals surface area contributed by atoms with Crippen molar-refractivity contribution in [3.8, 4) is 0 Å². The summed E-state index contributed by atoms with van der Waals surface area (Å²) in [6, 6.07) is 17.7. The molecule has 1 unspecified atom stereocenters. The summed E-state index contributed by atoms with van der Waals surface area (Å²) in [5, 5.41) is 12.9. The second-order valence-corrected chi connectivity index (χ2v) is 4.97. The molecule has 2 N–H and O–H groups in total. The topological polar surface area (TPSA) is 58.3 Å². The predicted molar refractivity (Wildman–Crippen MR) is 78.5 cm³/mol. The third-order valence-corrected chi connectivity index (χ3v) is 3.40. The average Bonchev–Trinajstić information content (AvgIpc) is 2.90. The van der Waals surface area contributed by atoms with Crippen molar-refractivity contribution in [2.24, 2.45) is 0 Å². The lowest BCUT2D eigenvalue weighted by molar-refractivity contribution is 0.221. The molecule has 0 saturated carbocycles. The molecule has 0 amide bonds. The van der Waals surface area contributed by atoms with Gasteiger partial charge in [0.05, 0.1) is 12.1 Å². The van der Waals surface area contributed by atoms with Gasteiger partial charge in [0.25, 0.3) is 6.01 Å². The highest BCUT2D eigenvalue weighted by atomic mass is 16.4. The quantitative estimate of drug-likeness (QED) is 0.763. The van der Waals surface area contributed by atoms with Crippen LogP contribution < -0.4 is 5.32 Å². The minimum absolute atomic E-state index is 0.0598. The Bertz CT molecular complexity index is 676. The van der Waals surface area contributed by atoms with Crippen LogP contribution in [-0.2, 0) is 5.54 Å². The first-order chi connectivity index (χ1) is 9.71. The molecular formula is C16H16N2O2. The van der Waals surface area contributed by atoms with Crippen LogP contribution in [-0.4, -0.2) is 16.7 Å². The van der Waals surface area contributed by atoms with Crippen molar-refractivity contribution in [1.29, 1.82) is 0 Å². The van der Waals surface area contributed by atoms with E-state index in [1.165, 1.54) is 0 Å². The maximum Gasteiger partial charge on any atom is 0.296 e. The average molecular weight is 268 g/mol. The van der Waals surface area contributed by atoms with Gasteiger partial charge in [-0.2, -0.15) is 4.98 Å². The maximum atomic E-state index is 9.74. The highest BCUT2D eigenvalue weighted by Gasteiger charge is 2.27. The molecule has 20 heavy (non-hydrogen) atoms. The van der Waals surface area contributed by atoms with E-state index in [-0.39, 0.29) is 6.61 Å². The van der Waals surface area contributed by atoms with E-state index in [0.717, 1.165) is 16.7 Å². The van der Waals surface area contributed by atoms with Crippen LogP contribution in [0.2, 0.25) is 0 Å². The number of nitrogens with zero attached hydrogens (tertiary/aromatic N) is 1. The van der Waals surface area contributed by atoms with Crippen LogP contribution in [0.4, 0.5) is 6.01 Å². The summed E-state index contributed by atoms with van der Waals surface area (Å²) >= 11 is 0. The number of aromatic nitrogens is 1. The van der Waals surface area contributed by atoms with Crippen LogP contribution >= 0.6 is 0 Å². The first-order valence-corrected chi connectivity index (χ1v) is 6.51. The molecule has 0 radical (unpaired) electrons. The van der Waals surface area contributed by atoms with E-state index in [0.29, 0.717) is 6.01 Å². The Morgan fingerprint density at radius 3 is 2.50 bits per heavy atom. The van der Waals surface area contributed by atoms with Gasteiger partial charge in [0, 0.05) is 0 Å². The van der Waals surface area contributed by atoms with Gasteiger partial charge >= 0.3 is 0 Å². The van der Waals surface area contributed by atoms with Gasteiger partial charge in [0.1, 0.15) is 5.52 Å². The lowest BCUT2D eigenvalue weighted by Crippen LogP contribution is -2.35. The van der Waals surface area contributed by atoms with Crippen molar-refractivity contribution in [3.63, 3.8) is 0 Å². The first kappa shape index (κ1) is 12.7. The zero-order valence-electron chi connectivity index (χ0n) is 11.2. The van der Waals surface area contributed by atoms with Crippen LogP contribution in [0.25, 0.3) is 11.1 Å². The summed E-state index contributed by atoms with van der Waals surface area (Å²) in [5.41, 5.74) is 1.86. The molecule has 1 aromatic heterocycles. The van der Waals surface area contributed by atoms with Crippen molar-refractivity contribution in [3.05, 3.63) is 60.2 Å². The molecule has 1 heterocycles. The summed E-state index contributed by atoms with van der Waals surface area (Å²) < 4.78 is 5.65. The van der Waals surface area contributed by atoms with Crippen molar-refractivity contribution >= 4 is 17.1 Å². The van der Waals surface area contributed by atoms with Gasteiger partial charge in [-0.25, -0.2) is 0 Å². The third kappa shape index (κ3) is 2.26. The second-order valence-electron chi connectivity index (χ2n) is 4.97. The molecule has 3 rings (SSSR count). The smallest absolute Gasteiger partial charge is 0.296 e. The number of rotatable bonds is 4. The lowest BCUT2D eigenvalue weighted by Gasteiger charge is -2.28. The number of oxazole rings is 1. The minimum atomic E-state index is -0.637. The summed E-state index contributed by atoms with van der Waals surface area (Å²) in [5.74, 6) is 0. The van der Waals surface area contributed by atoms with Crippen molar-refractivity contribution in [2.75, 3.05) is 11.9 Å². The summed E-state index contributed by atoms with van der Waals surface area (Å²) in [4.78, 5) is 4.38. The molecular weight excluding hydrogens is 252 g/mol. The second kappa shape index (κ2) is 4.98. The molecule has 3 aromatic rings. The van der Waals surface area contributed by atoms with Crippen molar-refractivity contribution in [2.45, 2.75) is 12.5 Å². The molecule has 0 aliphatic heterocycles. The Morgan fingerprint density at radius 2 is 1.80 bits per heavy atom. The lowest BCUT2D eigenvalue weighted by atomic mass is 9.93. The van der Waals surface area contributed by atoms with E-state index in [4.69, 9.17) is 4.42 Å². The number of aliphatic hydroxyl groups excluding tert-OH is 1. The number of para-hydroxylation sites is 2. The van der Waals surface area contributed by atoms with Crippen LogP contribution in [0.1, 0.15) is 12.5 Å². The van der Waals surface area contributed by atoms with Crippen LogP contribution in [0, 0.1) is 0 Å². The Kier molecular flexibility index (Phi) is 3.16. The molecule has 1 atom stereocenters. The van der Waals surface area contributed by atoms with E-state index < -0.39 is 5.54 Å². The minimum Gasteiger partial charge on any atom is -0.424 e. The van der Waals surface area contributed by atoms with Crippen molar-refractivity contribution < 1.29 is 9.52 Å². The fourth-order valence-corrected chi connectivity index (χ4v) is 2.17. The fourth-order valence-electron chi connectivity index (χ4n) is 2.17. The number of aliphatic hydroxyl groups is 1. The summed E-state index contributed by atoms with van der Waals surface area (Å²) in [6.07, 6.45) is 0. The molecule has 2 aromatic carbocycles. The molecule has 4 nitrogen and oxygen atoms in total. The Labute approximate surface area is 117 Å². The Morgan fingerprint density at radius 1 is 1.10 bits per heavy atom. The van der Waals surface area contributed by atoms with E-state index in [1.807, 2.05) is 61.5 Å². The number of benzene rings is 2. The molecule has 4 heteroatoms. The van der Waals surface area contributed by atoms with Gasteiger partial charge in [0.2, 0.25) is 0 Å². The summed E-state index contributed by atoms with van der Waals surface area (Å²) in [6.45, 7) is 1.85. The Hall–Kier alpha value is -2.33.